The number of hydrogen-bond acceptors (Lipinski definition) is 4. The lowest BCUT2D eigenvalue weighted by atomic mass is 9.84. The van der Waals surface area contributed by atoms with Gasteiger partial charge in [-0.1, -0.05) is 19.3 Å². The van der Waals surface area contributed by atoms with Crippen molar-refractivity contribution in [2.75, 3.05) is 39.8 Å². The topological polar surface area (TPSA) is 44.7 Å². The molecule has 1 unspecified atom stereocenters. The Hall–Kier alpha value is -0.160. The SMILES string of the molecule is CN(CC1CNCCO1)CC1(O)CCCCC1. The average Bonchev–Trinajstić information content (AvgIpc) is 2.30. The van der Waals surface area contributed by atoms with Crippen molar-refractivity contribution in [2.24, 2.45) is 0 Å². The summed E-state index contributed by atoms with van der Waals surface area (Å²) in [5.41, 5.74) is -0.449. The van der Waals surface area contributed by atoms with Crippen LogP contribution in [0.5, 0.6) is 0 Å². The quantitative estimate of drug-likeness (QED) is 0.758. The first-order valence-corrected chi connectivity index (χ1v) is 6.91. The first-order valence-electron chi connectivity index (χ1n) is 6.91. The summed E-state index contributed by atoms with van der Waals surface area (Å²) >= 11 is 0. The van der Waals surface area contributed by atoms with Crippen molar-refractivity contribution in [1.29, 1.82) is 0 Å². The molecule has 0 aromatic carbocycles. The Labute approximate surface area is 104 Å². The molecule has 1 saturated carbocycles. The van der Waals surface area contributed by atoms with Crippen molar-refractivity contribution >= 4 is 0 Å². The standard InChI is InChI=1S/C13H26N2O2/c1-15(10-12-9-14-7-8-17-12)11-13(16)5-3-2-4-6-13/h12,14,16H,2-11H2,1H3. The van der Waals surface area contributed by atoms with E-state index >= 15 is 0 Å². The molecular weight excluding hydrogens is 216 g/mol. The third-order valence-corrected chi connectivity index (χ3v) is 3.87. The normalized spacial score (nSPS) is 29.5. The van der Waals surface area contributed by atoms with Crippen molar-refractivity contribution in [2.45, 2.75) is 43.8 Å². The van der Waals surface area contributed by atoms with Gasteiger partial charge in [0.05, 0.1) is 18.3 Å². The summed E-state index contributed by atoms with van der Waals surface area (Å²) in [4.78, 5) is 2.23. The summed E-state index contributed by atoms with van der Waals surface area (Å²) in [6.45, 7) is 4.40. The number of morpholine rings is 1. The van der Waals surface area contributed by atoms with E-state index in [1.165, 1.54) is 19.3 Å². The Morgan fingerprint density at radius 3 is 2.76 bits per heavy atom. The lowest BCUT2D eigenvalue weighted by molar-refractivity contribution is -0.0405. The van der Waals surface area contributed by atoms with Crippen molar-refractivity contribution < 1.29 is 9.84 Å². The second-order valence-electron chi connectivity index (χ2n) is 5.68. The Balaban J connectivity index is 1.73. The molecule has 1 saturated heterocycles. The number of rotatable bonds is 4. The van der Waals surface area contributed by atoms with Gasteiger partial charge in [0.1, 0.15) is 0 Å². The van der Waals surface area contributed by atoms with Crippen LogP contribution in [0.2, 0.25) is 0 Å². The van der Waals surface area contributed by atoms with Gasteiger partial charge in [-0.3, -0.25) is 0 Å². The summed E-state index contributed by atoms with van der Waals surface area (Å²) in [5.74, 6) is 0. The van der Waals surface area contributed by atoms with Crippen LogP contribution in [0.25, 0.3) is 0 Å². The van der Waals surface area contributed by atoms with E-state index in [1.807, 2.05) is 0 Å². The van der Waals surface area contributed by atoms with E-state index in [1.54, 1.807) is 0 Å². The fraction of sp³-hybridized carbons (Fsp3) is 1.00. The largest absolute Gasteiger partial charge is 0.389 e. The third-order valence-electron chi connectivity index (χ3n) is 3.87. The highest BCUT2D eigenvalue weighted by molar-refractivity contribution is 4.85. The predicted molar refractivity (Wildman–Crippen MR) is 68.1 cm³/mol. The van der Waals surface area contributed by atoms with Gasteiger partial charge in [-0.2, -0.15) is 0 Å². The zero-order chi connectivity index (χ0) is 12.1. The summed E-state index contributed by atoms with van der Waals surface area (Å²) < 4.78 is 5.68. The maximum Gasteiger partial charge on any atom is 0.0826 e. The minimum absolute atomic E-state index is 0.279. The Kier molecular flexibility index (Phi) is 4.79. The Morgan fingerprint density at radius 1 is 1.35 bits per heavy atom. The predicted octanol–water partition coefficient (Wildman–Crippen LogP) is 0.602. The van der Waals surface area contributed by atoms with Gasteiger partial charge in [-0.05, 0) is 19.9 Å². The van der Waals surface area contributed by atoms with Gasteiger partial charge in [0.25, 0.3) is 0 Å². The van der Waals surface area contributed by atoms with E-state index in [9.17, 15) is 5.11 Å². The van der Waals surface area contributed by atoms with E-state index in [-0.39, 0.29) is 6.10 Å². The van der Waals surface area contributed by atoms with E-state index < -0.39 is 5.60 Å². The molecule has 0 amide bonds. The van der Waals surface area contributed by atoms with Gasteiger partial charge in [-0.25, -0.2) is 0 Å². The summed E-state index contributed by atoms with van der Waals surface area (Å²) in [6.07, 6.45) is 5.82. The highest BCUT2D eigenvalue weighted by atomic mass is 16.5. The van der Waals surface area contributed by atoms with E-state index in [2.05, 4.69) is 17.3 Å². The van der Waals surface area contributed by atoms with Crippen LogP contribution >= 0.6 is 0 Å². The molecule has 2 fully saturated rings. The van der Waals surface area contributed by atoms with Gasteiger partial charge in [0.15, 0.2) is 0 Å². The van der Waals surface area contributed by atoms with Gasteiger partial charge in [0.2, 0.25) is 0 Å². The second-order valence-corrected chi connectivity index (χ2v) is 5.68. The molecule has 0 bridgehead atoms. The number of hydrogen-bond donors (Lipinski definition) is 2. The molecule has 2 rings (SSSR count). The van der Waals surface area contributed by atoms with Gasteiger partial charge in [-0.15, -0.1) is 0 Å². The van der Waals surface area contributed by atoms with Crippen LogP contribution in [0.4, 0.5) is 0 Å². The van der Waals surface area contributed by atoms with E-state index in [0.29, 0.717) is 0 Å². The van der Waals surface area contributed by atoms with Gasteiger partial charge >= 0.3 is 0 Å². The molecule has 1 atom stereocenters. The summed E-state index contributed by atoms with van der Waals surface area (Å²) in [5, 5.41) is 13.8. The first kappa shape index (κ1) is 13.3. The Morgan fingerprint density at radius 2 is 2.12 bits per heavy atom. The van der Waals surface area contributed by atoms with Crippen LogP contribution in [-0.2, 0) is 4.74 Å². The zero-order valence-corrected chi connectivity index (χ0v) is 11.0. The number of ether oxygens (including phenoxy) is 1. The smallest absolute Gasteiger partial charge is 0.0826 e. The zero-order valence-electron chi connectivity index (χ0n) is 11.0. The minimum Gasteiger partial charge on any atom is -0.389 e. The van der Waals surface area contributed by atoms with Crippen LogP contribution < -0.4 is 5.32 Å². The Bertz CT molecular complexity index is 223. The monoisotopic (exact) mass is 242 g/mol. The molecule has 4 nitrogen and oxygen atoms in total. The maximum atomic E-state index is 10.5. The van der Waals surface area contributed by atoms with Crippen LogP contribution in [0.1, 0.15) is 32.1 Å². The molecular formula is C13H26N2O2. The highest BCUT2D eigenvalue weighted by Gasteiger charge is 2.31. The van der Waals surface area contributed by atoms with Crippen molar-refractivity contribution in [3.8, 4) is 0 Å². The molecule has 4 heteroatoms. The van der Waals surface area contributed by atoms with Crippen molar-refractivity contribution in [3.63, 3.8) is 0 Å². The molecule has 0 radical (unpaired) electrons. The molecule has 2 N–H and O–H groups in total. The third kappa shape index (κ3) is 4.21. The van der Waals surface area contributed by atoms with Crippen molar-refractivity contribution in [1.82, 2.24) is 10.2 Å². The number of nitrogens with zero attached hydrogens (tertiary/aromatic N) is 1. The lowest BCUT2D eigenvalue weighted by Gasteiger charge is -2.37. The molecule has 1 aliphatic carbocycles. The fourth-order valence-electron chi connectivity index (χ4n) is 3.02. The molecule has 100 valence electrons. The molecule has 0 aromatic heterocycles. The van der Waals surface area contributed by atoms with Crippen LogP contribution in [0.15, 0.2) is 0 Å². The molecule has 2 aliphatic rings. The summed E-state index contributed by atoms with van der Waals surface area (Å²) in [6, 6.07) is 0. The maximum absolute atomic E-state index is 10.5. The van der Waals surface area contributed by atoms with Crippen molar-refractivity contribution in [3.05, 3.63) is 0 Å². The molecule has 1 aliphatic heterocycles. The lowest BCUT2D eigenvalue weighted by Crippen LogP contribution is -2.49. The molecule has 1 heterocycles. The fourth-order valence-corrected chi connectivity index (χ4v) is 3.02. The van der Waals surface area contributed by atoms with Crippen LogP contribution in [0, 0.1) is 0 Å². The van der Waals surface area contributed by atoms with Gasteiger partial charge < -0.3 is 20.1 Å². The van der Waals surface area contributed by atoms with E-state index in [0.717, 1.165) is 45.6 Å². The van der Waals surface area contributed by atoms with Gasteiger partial charge in [0, 0.05) is 26.2 Å². The highest BCUT2D eigenvalue weighted by Crippen LogP contribution is 2.28. The average molecular weight is 242 g/mol. The molecule has 0 spiro atoms. The number of aliphatic hydroxyl groups is 1. The number of nitrogens with one attached hydrogen (secondary N) is 1. The second kappa shape index (κ2) is 6.14. The molecule has 17 heavy (non-hydrogen) atoms. The first-order chi connectivity index (χ1) is 8.18. The summed E-state index contributed by atoms with van der Waals surface area (Å²) in [7, 11) is 2.09. The number of likely N-dealkylation sites (N-methyl/N-ethyl adjacent to an activating group) is 1. The van der Waals surface area contributed by atoms with E-state index in [4.69, 9.17) is 4.74 Å². The molecule has 0 aromatic rings. The van der Waals surface area contributed by atoms with Crippen LogP contribution in [-0.4, -0.2) is 61.5 Å². The minimum atomic E-state index is -0.449. The van der Waals surface area contributed by atoms with Crippen LogP contribution in [0.3, 0.4) is 0 Å².